The lowest BCUT2D eigenvalue weighted by Crippen LogP contribution is -2.40. The van der Waals surface area contributed by atoms with Crippen LogP contribution < -0.4 is 16.4 Å². The van der Waals surface area contributed by atoms with Gasteiger partial charge in [0.05, 0.1) is 6.42 Å². The molecule has 0 aromatic carbocycles. The highest BCUT2D eigenvalue weighted by Gasteiger charge is 2.18. The summed E-state index contributed by atoms with van der Waals surface area (Å²) in [6, 6.07) is -1.10. The summed E-state index contributed by atoms with van der Waals surface area (Å²) >= 11 is 0. The van der Waals surface area contributed by atoms with E-state index in [1.54, 1.807) is 0 Å². The number of carboxylic acids is 1. The Kier molecular flexibility index (Phi) is 5.21. The average molecular weight is 229 g/mol. The highest BCUT2D eigenvalue weighted by atomic mass is 16.4. The zero-order valence-corrected chi connectivity index (χ0v) is 9.24. The number of rotatable bonds is 5. The minimum Gasteiger partial charge on any atom is -0.480 e. The summed E-state index contributed by atoms with van der Waals surface area (Å²) in [6.07, 6.45) is 1.94. The standard InChI is InChI=1S/C10H19N3O3/c11-8(10(15)16)5-9(14)13-6-7-1-3-12-4-2-7/h7-8,12H,1-6,11H2,(H,13,14)(H,15,16)/t8-/m0/s1. The van der Waals surface area contributed by atoms with Crippen molar-refractivity contribution >= 4 is 11.9 Å². The first-order valence-electron chi connectivity index (χ1n) is 5.55. The van der Waals surface area contributed by atoms with Crippen LogP contribution in [-0.2, 0) is 9.59 Å². The molecule has 1 fully saturated rings. The van der Waals surface area contributed by atoms with E-state index >= 15 is 0 Å². The van der Waals surface area contributed by atoms with Crippen molar-refractivity contribution < 1.29 is 14.7 Å². The van der Waals surface area contributed by atoms with Crippen molar-refractivity contribution in [2.75, 3.05) is 19.6 Å². The summed E-state index contributed by atoms with van der Waals surface area (Å²) in [5, 5.41) is 14.5. The van der Waals surface area contributed by atoms with Gasteiger partial charge in [0.25, 0.3) is 0 Å². The number of carbonyl (C=O) groups excluding carboxylic acids is 1. The van der Waals surface area contributed by atoms with Crippen molar-refractivity contribution in [3.63, 3.8) is 0 Å². The van der Waals surface area contributed by atoms with E-state index in [0.29, 0.717) is 12.5 Å². The van der Waals surface area contributed by atoms with E-state index in [1.165, 1.54) is 0 Å². The minimum absolute atomic E-state index is 0.152. The van der Waals surface area contributed by atoms with Gasteiger partial charge in [-0.2, -0.15) is 0 Å². The molecule has 0 radical (unpaired) electrons. The van der Waals surface area contributed by atoms with Crippen LogP contribution >= 0.6 is 0 Å². The van der Waals surface area contributed by atoms with E-state index in [4.69, 9.17) is 10.8 Å². The van der Waals surface area contributed by atoms with Gasteiger partial charge >= 0.3 is 5.97 Å². The summed E-state index contributed by atoms with van der Waals surface area (Å²) in [4.78, 5) is 21.8. The molecule has 1 heterocycles. The van der Waals surface area contributed by atoms with E-state index < -0.39 is 12.0 Å². The molecule has 1 aliphatic rings. The van der Waals surface area contributed by atoms with Gasteiger partial charge in [-0.1, -0.05) is 0 Å². The molecule has 0 unspecified atom stereocenters. The molecular weight excluding hydrogens is 210 g/mol. The van der Waals surface area contributed by atoms with E-state index in [1.807, 2.05) is 0 Å². The summed E-state index contributed by atoms with van der Waals surface area (Å²) in [5.41, 5.74) is 5.26. The normalized spacial score (nSPS) is 19.1. The third kappa shape index (κ3) is 4.59. The van der Waals surface area contributed by atoms with E-state index in [9.17, 15) is 9.59 Å². The number of piperidine rings is 1. The van der Waals surface area contributed by atoms with Crippen LogP contribution in [-0.4, -0.2) is 42.7 Å². The number of nitrogens with one attached hydrogen (secondary N) is 2. The quantitative estimate of drug-likeness (QED) is 0.479. The van der Waals surface area contributed by atoms with Crippen molar-refractivity contribution in [2.24, 2.45) is 11.7 Å². The molecule has 0 bridgehead atoms. The SMILES string of the molecule is N[C@@H](CC(=O)NCC1CCNCC1)C(=O)O. The van der Waals surface area contributed by atoms with Crippen molar-refractivity contribution in [1.82, 2.24) is 10.6 Å². The van der Waals surface area contributed by atoms with Crippen molar-refractivity contribution in [3.05, 3.63) is 0 Å². The number of hydrogen-bond donors (Lipinski definition) is 4. The van der Waals surface area contributed by atoms with Gasteiger partial charge < -0.3 is 21.5 Å². The molecule has 1 amide bonds. The molecule has 1 atom stereocenters. The number of hydrogen-bond acceptors (Lipinski definition) is 4. The first-order chi connectivity index (χ1) is 7.59. The Morgan fingerprint density at radius 1 is 1.44 bits per heavy atom. The number of carbonyl (C=O) groups is 2. The first-order valence-corrected chi connectivity index (χ1v) is 5.55. The molecule has 16 heavy (non-hydrogen) atoms. The summed E-state index contributed by atoms with van der Waals surface area (Å²) in [5.74, 6) is -0.934. The van der Waals surface area contributed by atoms with Crippen LogP contribution in [0.3, 0.4) is 0 Å². The predicted octanol–water partition coefficient (Wildman–Crippen LogP) is -1.10. The van der Waals surface area contributed by atoms with Crippen LogP contribution in [0.5, 0.6) is 0 Å². The van der Waals surface area contributed by atoms with Crippen LogP contribution in [0.4, 0.5) is 0 Å². The van der Waals surface area contributed by atoms with Gasteiger partial charge in [-0.25, -0.2) is 0 Å². The lowest BCUT2D eigenvalue weighted by atomic mass is 9.98. The smallest absolute Gasteiger partial charge is 0.321 e. The van der Waals surface area contributed by atoms with Crippen LogP contribution in [0, 0.1) is 5.92 Å². The molecule has 0 aromatic heterocycles. The van der Waals surface area contributed by atoms with Gasteiger partial charge in [-0.15, -0.1) is 0 Å². The Hall–Kier alpha value is -1.14. The average Bonchev–Trinajstić information content (AvgIpc) is 2.27. The molecule has 1 rings (SSSR count). The van der Waals surface area contributed by atoms with Gasteiger partial charge in [-0.05, 0) is 31.8 Å². The van der Waals surface area contributed by atoms with Crippen LogP contribution in [0.25, 0.3) is 0 Å². The molecular formula is C10H19N3O3. The van der Waals surface area contributed by atoms with Crippen molar-refractivity contribution in [3.8, 4) is 0 Å². The molecule has 6 heteroatoms. The molecule has 0 saturated carbocycles. The second-order valence-corrected chi connectivity index (χ2v) is 4.15. The summed E-state index contributed by atoms with van der Waals surface area (Å²) in [7, 11) is 0. The molecule has 1 aliphatic heterocycles. The van der Waals surface area contributed by atoms with Crippen molar-refractivity contribution in [2.45, 2.75) is 25.3 Å². The number of carboxylic acid groups (broad SMARTS) is 1. The lowest BCUT2D eigenvalue weighted by molar-refractivity contribution is -0.140. The Labute approximate surface area is 94.6 Å². The maximum Gasteiger partial charge on any atom is 0.321 e. The number of aliphatic carboxylic acids is 1. The lowest BCUT2D eigenvalue weighted by Gasteiger charge is -2.22. The topological polar surface area (TPSA) is 104 Å². The predicted molar refractivity (Wildman–Crippen MR) is 58.8 cm³/mol. The summed E-state index contributed by atoms with van der Waals surface area (Å²) in [6.45, 7) is 2.58. The fraction of sp³-hybridized carbons (Fsp3) is 0.800. The largest absolute Gasteiger partial charge is 0.480 e. The fourth-order valence-corrected chi connectivity index (χ4v) is 1.70. The van der Waals surface area contributed by atoms with Gasteiger partial charge in [0.15, 0.2) is 0 Å². The number of nitrogens with two attached hydrogens (primary N) is 1. The van der Waals surface area contributed by atoms with Crippen LogP contribution in [0.1, 0.15) is 19.3 Å². The van der Waals surface area contributed by atoms with Crippen LogP contribution in [0.2, 0.25) is 0 Å². The minimum atomic E-state index is -1.14. The second-order valence-electron chi connectivity index (χ2n) is 4.15. The highest BCUT2D eigenvalue weighted by molar-refractivity contribution is 5.84. The highest BCUT2D eigenvalue weighted by Crippen LogP contribution is 2.09. The summed E-state index contributed by atoms with van der Waals surface area (Å²) < 4.78 is 0. The molecule has 6 nitrogen and oxygen atoms in total. The Morgan fingerprint density at radius 3 is 2.62 bits per heavy atom. The third-order valence-corrected chi connectivity index (χ3v) is 2.77. The van der Waals surface area contributed by atoms with Crippen molar-refractivity contribution in [1.29, 1.82) is 0 Å². The maximum atomic E-state index is 11.3. The van der Waals surface area contributed by atoms with Gasteiger partial charge in [0.1, 0.15) is 6.04 Å². The Balaban J connectivity index is 2.16. The van der Waals surface area contributed by atoms with Gasteiger partial charge in [0.2, 0.25) is 5.91 Å². The second kappa shape index (κ2) is 6.44. The Bertz CT molecular complexity index is 252. The number of amides is 1. The van der Waals surface area contributed by atoms with Crippen LogP contribution in [0.15, 0.2) is 0 Å². The monoisotopic (exact) mass is 229 g/mol. The maximum absolute atomic E-state index is 11.3. The van der Waals surface area contributed by atoms with E-state index in [0.717, 1.165) is 25.9 Å². The zero-order chi connectivity index (χ0) is 12.0. The molecule has 0 aliphatic carbocycles. The first kappa shape index (κ1) is 12.9. The zero-order valence-electron chi connectivity index (χ0n) is 9.24. The van der Waals surface area contributed by atoms with Gasteiger partial charge in [-0.3, -0.25) is 9.59 Å². The van der Waals surface area contributed by atoms with Gasteiger partial charge in [0, 0.05) is 6.54 Å². The molecule has 5 N–H and O–H groups in total. The third-order valence-electron chi connectivity index (χ3n) is 2.77. The van der Waals surface area contributed by atoms with E-state index in [-0.39, 0.29) is 12.3 Å². The van der Waals surface area contributed by atoms with E-state index in [2.05, 4.69) is 10.6 Å². The molecule has 0 spiro atoms. The Morgan fingerprint density at radius 2 is 2.06 bits per heavy atom. The molecule has 0 aromatic rings. The molecule has 92 valence electrons. The fourth-order valence-electron chi connectivity index (χ4n) is 1.70. The molecule has 1 saturated heterocycles.